The maximum Gasteiger partial charge on any atom is 0.156 e. The Morgan fingerprint density at radius 3 is 2.28 bits per heavy atom. The fourth-order valence-corrected chi connectivity index (χ4v) is 3.21. The van der Waals surface area contributed by atoms with E-state index in [1.165, 1.54) is 25.9 Å². The summed E-state index contributed by atoms with van der Waals surface area (Å²) in [6.07, 6.45) is 3.72. The third-order valence-corrected chi connectivity index (χ3v) is 3.97. The molecule has 1 aliphatic heterocycles. The number of rotatable bonds is 5. The van der Waals surface area contributed by atoms with E-state index in [0.717, 1.165) is 13.0 Å². The Kier molecular flexibility index (Phi) is 5.43. The molecule has 100 valence electrons. The van der Waals surface area contributed by atoms with Gasteiger partial charge in [0.1, 0.15) is 0 Å². The molecule has 1 heterocycles. The van der Waals surface area contributed by atoms with Crippen molar-refractivity contribution in [3.63, 3.8) is 0 Å². The lowest BCUT2D eigenvalue weighted by Gasteiger charge is -2.13. The van der Waals surface area contributed by atoms with Crippen LogP contribution >= 0.6 is 34.8 Å². The summed E-state index contributed by atoms with van der Waals surface area (Å²) >= 11 is 17.9. The van der Waals surface area contributed by atoms with Gasteiger partial charge in [0.15, 0.2) is 5.75 Å². The normalized spacial score (nSPS) is 16.2. The van der Waals surface area contributed by atoms with Gasteiger partial charge >= 0.3 is 0 Å². The van der Waals surface area contributed by atoms with Crippen LogP contribution in [-0.2, 0) is 0 Å². The van der Waals surface area contributed by atoms with Crippen molar-refractivity contribution in [3.05, 3.63) is 27.2 Å². The summed E-state index contributed by atoms with van der Waals surface area (Å²) in [5.41, 5.74) is 0. The van der Waals surface area contributed by atoms with Crippen molar-refractivity contribution in [2.45, 2.75) is 19.3 Å². The minimum absolute atomic E-state index is 0.473. The van der Waals surface area contributed by atoms with Crippen LogP contribution in [0.25, 0.3) is 0 Å². The fraction of sp³-hybridized carbons (Fsp3) is 0.538. The third kappa shape index (κ3) is 3.92. The fourth-order valence-electron chi connectivity index (χ4n) is 2.29. The zero-order chi connectivity index (χ0) is 13.0. The van der Waals surface area contributed by atoms with E-state index in [1.807, 2.05) is 0 Å². The highest BCUT2D eigenvalue weighted by Crippen LogP contribution is 2.35. The molecule has 1 aliphatic rings. The standard InChI is InChI=1S/C13H16Cl3NO/c14-10-8-11(15)13(12(16)9-10)18-7-3-6-17-4-1-2-5-17/h8-9H,1-7H2/p+1. The van der Waals surface area contributed by atoms with E-state index in [-0.39, 0.29) is 0 Å². The predicted molar refractivity (Wildman–Crippen MR) is 76.4 cm³/mol. The minimum Gasteiger partial charge on any atom is -0.490 e. The molecule has 0 radical (unpaired) electrons. The van der Waals surface area contributed by atoms with Gasteiger partial charge in [-0.1, -0.05) is 34.8 Å². The molecule has 2 nitrogen and oxygen atoms in total. The lowest BCUT2D eigenvalue weighted by atomic mass is 10.3. The Morgan fingerprint density at radius 1 is 1.06 bits per heavy atom. The summed E-state index contributed by atoms with van der Waals surface area (Å²) in [6.45, 7) is 4.39. The molecule has 5 heteroatoms. The molecule has 0 atom stereocenters. The number of ether oxygens (including phenoxy) is 1. The zero-order valence-electron chi connectivity index (χ0n) is 10.1. The molecular weight excluding hydrogens is 293 g/mol. The van der Waals surface area contributed by atoms with Gasteiger partial charge in [-0.2, -0.15) is 0 Å². The van der Waals surface area contributed by atoms with Crippen LogP contribution in [0.4, 0.5) is 0 Å². The molecular formula is C13H17Cl3NO+. The van der Waals surface area contributed by atoms with E-state index >= 15 is 0 Å². The lowest BCUT2D eigenvalue weighted by Crippen LogP contribution is -3.10. The van der Waals surface area contributed by atoms with Crippen LogP contribution in [0.1, 0.15) is 19.3 Å². The van der Waals surface area contributed by atoms with E-state index in [2.05, 4.69) is 0 Å². The molecule has 0 aliphatic carbocycles. The second kappa shape index (κ2) is 6.85. The van der Waals surface area contributed by atoms with Gasteiger partial charge in [-0.25, -0.2) is 0 Å². The first kappa shape index (κ1) is 14.3. The van der Waals surface area contributed by atoms with E-state index in [1.54, 1.807) is 17.0 Å². The van der Waals surface area contributed by atoms with Crippen LogP contribution in [-0.4, -0.2) is 26.2 Å². The van der Waals surface area contributed by atoms with Crippen LogP contribution in [0.5, 0.6) is 5.75 Å². The van der Waals surface area contributed by atoms with E-state index < -0.39 is 0 Å². The average molecular weight is 310 g/mol. The van der Waals surface area contributed by atoms with Crippen LogP contribution in [0.2, 0.25) is 15.1 Å². The van der Waals surface area contributed by atoms with Crippen molar-refractivity contribution in [1.29, 1.82) is 0 Å². The molecule has 0 spiro atoms. The lowest BCUT2D eigenvalue weighted by molar-refractivity contribution is -0.887. The number of hydrogen-bond donors (Lipinski definition) is 1. The Bertz CT molecular complexity index is 382. The summed E-state index contributed by atoms with van der Waals surface area (Å²) < 4.78 is 5.65. The van der Waals surface area contributed by atoms with Crippen LogP contribution in [0.15, 0.2) is 12.1 Å². The molecule has 0 bridgehead atoms. The Labute approximate surface area is 123 Å². The summed E-state index contributed by atoms with van der Waals surface area (Å²) in [5, 5.41) is 1.47. The van der Waals surface area contributed by atoms with Crippen LogP contribution < -0.4 is 9.64 Å². The van der Waals surface area contributed by atoms with Gasteiger partial charge in [0, 0.05) is 24.3 Å². The topological polar surface area (TPSA) is 13.7 Å². The minimum atomic E-state index is 0.473. The smallest absolute Gasteiger partial charge is 0.156 e. The quantitative estimate of drug-likeness (QED) is 0.825. The van der Waals surface area contributed by atoms with Gasteiger partial charge < -0.3 is 9.64 Å². The maximum atomic E-state index is 6.04. The van der Waals surface area contributed by atoms with Gasteiger partial charge in [-0.05, 0) is 12.1 Å². The summed E-state index contributed by atoms with van der Waals surface area (Å²) in [6, 6.07) is 3.30. The molecule has 1 aromatic carbocycles. The monoisotopic (exact) mass is 308 g/mol. The Hall–Kier alpha value is -0.150. The molecule has 1 fully saturated rings. The third-order valence-electron chi connectivity index (χ3n) is 3.19. The zero-order valence-corrected chi connectivity index (χ0v) is 12.4. The number of hydrogen-bond acceptors (Lipinski definition) is 1. The number of benzene rings is 1. The molecule has 0 aromatic heterocycles. The van der Waals surface area contributed by atoms with Crippen molar-refractivity contribution in [2.75, 3.05) is 26.2 Å². The predicted octanol–water partition coefficient (Wildman–Crippen LogP) is 3.09. The van der Waals surface area contributed by atoms with E-state index in [0.29, 0.717) is 27.4 Å². The maximum absolute atomic E-state index is 6.04. The van der Waals surface area contributed by atoms with Crippen LogP contribution in [0.3, 0.4) is 0 Å². The Morgan fingerprint density at radius 2 is 1.67 bits per heavy atom. The van der Waals surface area contributed by atoms with Crippen molar-refractivity contribution >= 4 is 34.8 Å². The number of nitrogens with one attached hydrogen (secondary N) is 1. The van der Waals surface area contributed by atoms with Gasteiger partial charge in [0.05, 0.1) is 36.3 Å². The molecule has 0 unspecified atom stereocenters. The largest absolute Gasteiger partial charge is 0.490 e. The van der Waals surface area contributed by atoms with Gasteiger partial charge in [0.25, 0.3) is 0 Å². The highest BCUT2D eigenvalue weighted by molar-refractivity contribution is 6.40. The molecule has 0 saturated carbocycles. The summed E-state index contributed by atoms with van der Waals surface area (Å²) in [4.78, 5) is 1.67. The number of halogens is 3. The molecule has 1 N–H and O–H groups in total. The molecule has 1 saturated heterocycles. The SMILES string of the molecule is Clc1cc(Cl)c(OCCC[NH+]2CCCC2)c(Cl)c1. The Balaban J connectivity index is 1.79. The highest BCUT2D eigenvalue weighted by Gasteiger charge is 2.15. The van der Waals surface area contributed by atoms with Crippen molar-refractivity contribution in [2.24, 2.45) is 0 Å². The first-order chi connectivity index (χ1) is 8.66. The van der Waals surface area contributed by atoms with E-state index in [9.17, 15) is 0 Å². The van der Waals surface area contributed by atoms with Gasteiger partial charge in [0.2, 0.25) is 0 Å². The van der Waals surface area contributed by atoms with Gasteiger partial charge in [-0.3, -0.25) is 0 Å². The van der Waals surface area contributed by atoms with Crippen molar-refractivity contribution in [3.8, 4) is 5.75 Å². The van der Waals surface area contributed by atoms with Crippen LogP contribution in [0, 0.1) is 0 Å². The molecule has 1 aromatic rings. The van der Waals surface area contributed by atoms with Crippen molar-refractivity contribution in [1.82, 2.24) is 0 Å². The van der Waals surface area contributed by atoms with Gasteiger partial charge in [-0.15, -0.1) is 0 Å². The highest BCUT2D eigenvalue weighted by atomic mass is 35.5. The van der Waals surface area contributed by atoms with E-state index in [4.69, 9.17) is 39.5 Å². The first-order valence-electron chi connectivity index (χ1n) is 6.28. The average Bonchev–Trinajstić information content (AvgIpc) is 2.79. The second-order valence-corrected chi connectivity index (χ2v) is 5.86. The molecule has 0 amide bonds. The first-order valence-corrected chi connectivity index (χ1v) is 7.41. The second-order valence-electron chi connectivity index (χ2n) is 4.61. The molecule has 18 heavy (non-hydrogen) atoms. The van der Waals surface area contributed by atoms with Crippen molar-refractivity contribution < 1.29 is 9.64 Å². The summed E-state index contributed by atoms with van der Waals surface area (Å²) in [7, 11) is 0. The number of likely N-dealkylation sites (tertiary alicyclic amines) is 1. The molecule has 2 rings (SSSR count). The number of quaternary nitrogens is 1. The summed E-state index contributed by atoms with van der Waals surface area (Å²) in [5.74, 6) is 0.541.